The van der Waals surface area contributed by atoms with Gasteiger partial charge < -0.3 is 10.4 Å². The van der Waals surface area contributed by atoms with E-state index in [0.29, 0.717) is 35.3 Å². The van der Waals surface area contributed by atoms with Crippen molar-refractivity contribution in [3.63, 3.8) is 0 Å². The minimum absolute atomic E-state index is 0.102. The van der Waals surface area contributed by atoms with Crippen LogP contribution in [-0.2, 0) is 0 Å². The zero-order valence-electron chi connectivity index (χ0n) is 12.9. The molecule has 0 aliphatic rings. The Balaban J connectivity index is 2.07. The molecule has 0 saturated heterocycles. The van der Waals surface area contributed by atoms with Crippen molar-refractivity contribution in [2.45, 2.75) is 6.42 Å². The summed E-state index contributed by atoms with van der Waals surface area (Å²) in [4.78, 5) is 17.4. The Morgan fingerprint density at radius 2 is 1.71 bits per heavy atom. The molecule has 2 aromatic heterocycles. The highest BCUT2D eigenvalue weighted by Crippen LogP contribution is 2.24. The summed E-state index contributed by atoms with van der Waals surface area (Å²) in [6.07, 6.45) is 0.610. The number of aromatic nitrogens is 3. The van der Waals surface area contributed by atoms with E-state index in [1.807, 2.05) is 42.5 Å². The van der Waals surface area contributed by atoms with Crippen LogP contribution in [0.4, 0.5) is 5.82 Å². The summed E-state index contributed by atoms with van der Waals surface area (Å²) in [6, 6.07) is 15.0. The van der Waals surface area contributed by atoms with Crippen LogP contribution in [0.2, 0.25) is 0 Å². The number of hydrogen-bond acceptors (Lipinski definition) is 5. The van der Waals surface area contributed by atoms with Gasteiger partial charge in [-0.1, -0.05) is 36.4 Å². The topological polar surface area (TPSA) is 79.5 Å². The molecule has 24 heavy (non-hydrogen) atoms. The number of benzene rings is 2. The second-order valence-electron chi connectivity index (χ2n) is 5.57. The summed E-state index contributed by atoms with van der Waals surface area (Å²) in [5, 5.41) is 18.9. The fraction of sp³-hybridized carbons (Fsp3) is 0.167. The Morgan fingerprint density at radius 1 is 1.00 bits per heavy atom. The Bertz CT molecular complexity index is 1100. The van der Waals surface area contributed by atoms with E-state index in [4.69, 9.17) is 5.11 Å². The van der Waals surface area contributed by atoms with Crippen molar-refractivity contribution in [3.8, 4) is 0 Å². The van der Waals surface area contributed by atoms with E-state index in [2.05, 4.69) is 15.4 Å². The van der Waals surface area contributed by atoms with E-state index >= 15 is 0 Å². The van der Waals surface area contributed by atoms with Gasteiger partial charge in [0.25, 0.3) is 5.56 Å². The normalized spacial score (nSPS) is 11.4. The van der Waals surface area contributed by atoms with Gasteiger partial charge in [0, 0.05) is 23.9 Å². The number of para-hydroxylation sites is 1. The van der Waals surface area contributed by atoms with Crippen LogP contribution in [-0.4, -0.2) is 32.9 Å². The molecule has 0 fully saturated rings. The van der Waals surface area contributed by atoms with Crippen LogP contribution in [0.25, 0.3) is 27.3 Å². The fourth-order valence-electron chi connectivity index (χ4n) is 2.85. The number of aliphatic hydroxyl groups is 1. The number of fused-ring (bicyclic) bond motifs is 4. The highest BCUT2D eigenvalue weighted by atomic mass is 16.3. The molecular weight excluding hydrogens is 304 g/mol. The van der Waals surface area contributed by atoms with E-state index in [-0.39, 0.29) is 12.2 Å². The van der Waals surface area contributed by atoms with Gasteiger partial charge in [0.1, 0.15) is 0 Å². The summed E-state index contributed by atoms with van der Waals surface area (Å²) in [5.41, 5.74) is 1.02. The van der Waals surface area contributed by atoms with Gasteiger partial charge in [-0.3, -0.25) is 4.79 Å². The Labute approximate surface area is 137 Å². The van der Waals surface area contributed by atoms with Crippen LogP contribution in [0.15, 0.2) is 53.3 Å². The van der Waals surface area contributed by atoms with Gasteiger partial charge in [-0.2, -0.15) is 4.52 Å². The molecule has 2 N–H and O–H groups in total. The molecule has 4 rings (SSSR count). The predicted molar refractivity (Wildman–Crippen MR) is 94.5 cm³/mol. The van der Waals surface area contributed by atoms with Crippen molar-refractivity contribution in [2.75, 3.05) is 18.5 Å². The minimum atomic E-state index is -0.188. The molecular formula is C18H16N4O2. The molecule has 6 heteroatoms. The van der Waals surface area contributed by atoms with Gasteiger partial charge >= 0.3 is 0 Å². The number of hydrogen-bond donors (Lipinski definition) is 2. The van der Waals surface area contributed by atoms with Gasteiger partial charge in [0.15, 0.2) is 11.5 Å². The molecule has 0 unspecified atom stereocenters. The van der Waals surface area contributed by atoms with Crippen molar-refractivity contribution in [1.82, 2.24) is 14.6 Å². The average Bonchev–Trinajstić information content (AvgIpc) is 2.63. The maximum absolute atomic E-state index is 12.8. The maximum Gasteiger partial charge on any atom is 0.282 e. The molecule has 0 aliphatic carbocycles. The van der Waals surface area contributed by atoms with Crippen LogP contribution in [0.3, 0.4) is 0 Å². The molecule has 0 saturated carbocycles. The Morgan fingerprint density at radius 3 is 2.50 bits per heavy atom. The zero-order valence-corrected chi connectivity index (χ0v) is 12.9. The SMILES string of the molecule is O=c1c2ccccc2nc2c3ccccc3c(NCCCO)nn12. The summed E-state index contributed by atoms with van der Waals surface area (Å²) in [6.45, 7) is 0.680. The van der Waals surface area contributed by atoms with Gasteiger partial charge in [0.05, 0.1) is 10.9 Å². The quantitative estimate of drug-likeness (QED) is 0.342. The molecule has 120 valence electrons. The van der Waals surface area contributed by atoms with Crippen LogP contribution in [0, 0.1) is 0 Å². The monoisotopic (exact) mass is 320 g/mol. The zero-order chi connectivity index (χ0) is 16.5. The van der Waals surface area contributed by atoms with E-state index < -0.39 is 0 Å². The lowest BCUT2D eigenvalue weighted by Gasteiger charge is -2.11. The standard InChI is InChI=1S/C18H16N4O2/c23-11-5-10-19-16-12-6-1-2-7-13(12)17-20-15-9-4-3-8-14(15)18(24)22(17)21-16/h1-4,6-9,23H,5,10-11H2,(H,19,21). The second-order valence-corrected chi connectivity index (χ2v) is 5.57. The number of nitrogens with zero attached hydrogens (tertiary/aromatic N) is 3. The molecule has 0 bridgehead atoms. The second kappa shape index (κ2) is 5.90. The van der Waals surface area contributed by atoms with Gasteiger partial charge in [-0.05, 0) is 18.6 Å². The predicted octanol–water partition coefficient (Wildman–Crippen LogP) is 2.19. The first kappa shape index (κ1) is 14.6. The fourth-order valence-corrected chi connectivity index (χ4v) is 2.85. The van der Waals surface area contributed by atoms with E-state index in [1.54, 1.807) is 6.07 Å². The lowest BCUT2D eigenvalue weighted by Crippen LogP contribution is -2.20. The molecule has 2 heterocycles. The smallest absolute Gasteiger partial charge is 0.282 e. The number of rotatable bonds is 4. The van der Waals surface area contributed by atoms with Crippen LogP contribution in [0.5, 0.6) is 0 Å². The minimum Gasteiger partial charge on any atom is -0.396 e. The molecule has 0 atom stereocenters. The Hall–Kier alpha value is -2.99. The highest BCUT2D eigenvalue weighted by molar-refractivity contribution is 6.01. The molecule has 4 aromatic rings. The Kier molecular flexibility index (Phi) is 3.59. The lowest BCUT2D eigenvalue weighted by molar-refractivity contribution is 0.292. The van der Waals surface area contributed by atoms with Gasteiger partial charge in [-0.15, -0.1) is 5.10 Å². The number of aliphatic hydroxyl groups excluding tert-OH is 1. The third kappa shape index (κ3) is 2.28. The van der Waals surface area contributed by atoms with Crippen molar-refractivity contribution in [3.05, 3.63) is 58.9 Å². The number of nitrogens with one attached hydrogen (secondary N) is 1. The first-order chi connectivity index (χ1) is 11.8. The van der Waals surface area contributed by atoms with Crippen molar-refractivity contribution in [2.24, 2.45) is 0 Å². The van der Waals surface area contributed by atoms with Crippen molar-refractivity contribution < 1.29 is 5.11 Å². The lowest BCUT2D eigenvalue weighted by atomic mass is 10.1. The third-order valence-corrected chi connectivity index (χ3v) is 4.00. The van der Waals surface area contributed by atoms with E-state index in [9.17, 15) is 4.79 Å². The summed E-state index contributed by atoms with van der Waals surface area (Å²) in [7, 11) is 0. The van der Waals surface area contributed by atoms with Crippen molar-refractivity contribution in [1.29, 1.82) is 0 Å². The largest absolute Gasteiger partial charge is 0.396 e. The molecule has 0 aliphatic heterocycles. The summed E-state index contributed by atoms with van der Waals surface area (Å²) < 4.78 is 1.35. The summed E-state index contributed by atoms with van der Waals surface area (Å²) >= 11 is 0. The first-order valence-electron chi connectivity index (χ1n) is 7.85. The van der Waals surface area contributed by atoms with Crippen LogP contribution >= 0.6 is 0 Å². The van der Waals surface area contributed by atoms with E-state index in [1.165, 1.54) is 4.52 Å². The average molecular weight is 320 g/mol. The molecule has 0 amide bonds. The molecule has 0 radical (unpaired) electrons. The van der Waals surface area contributed by atoms with Gasteiger partial charge in [0.2, 0.25) is 0 Å². The van der Waals surface area contributed by atoms with E-state index in [0.717, 1.165) is 10.8 Å². The molecule has 6 nitrogen and oxygen atoms in total. The maximum atomic E-state index is 12.8. The number of anilines is 1. The molecule has 0 spiro atoms. The highest BCUT2D eigenvalue weighted by Gasteiger charge is 2.12. The van der Waals surface area contributed by atoms with Crippen LogP contribution < -0.4 is 10.9 Å². The first-order valence-corrected chi connectivity index (χ1v) is 7.85. The van der Waals surface area contributed by atoms with Crippen molar-refractivity contribution >= 4 is 33.1 Å². The summed E-state index contributed by atoms with van der Waals surface area (Å²) in [5.74, 6) is 0.616. The van der Waals surface area contributed by atoms with Gasteiger partial charge in [-0.25, -0.2) is 4.98 Å². The molecule has 2 aromatic carbocycles. The van der Waals surface area contributed by atoms with Crippen LogP contribution in [0.1, 0.15) is 6.42 Å². The third-order valence-electron chi connectivity index (χ3n) is 4.00.